The van der Waals surface area contributed by atoms with E-state index < -0.39 is 6.09 Å². The van der Waals surface area contributed by atoms with Gasteiger partial charge in [0.25, 0.3) is 5.91 Å². The minimum atomic E-state index is -0.604. The van der Waals surface area contributed by atoms with Gasteiger partial charge in [0, 0.05) is 24.0 Å². The summed E-state index contributed by atoms with van der Waals surface area (Å²) in [7, 11) is 0. The average molecular weight is 553 g/mol. The second-order valence-electron chi connectivity index (χ2n) is 9.28. The maximum absolute atomic E-state index is 12.9. The standard InChI is InChI=1S/C28H33ClN6O4/c1-2-3-4-7-14-39-28(38)34-25(19-8-10-20(36)11-9-19)31-18-33-26-22-15-23(29)21(16-24(22)30-17-32-26)27(37)35-12-5-6-13-35/h8-11,15-17,36H,2-7,12-14,18H2,1H3,(H,30,32,33)(H,31,34,38). The molecular formula is C28H33ClN6O4. The van der Waals surface area contributed by atoms with E-state index in [9.17, 15) is 14.7 Å². The highest BCUT2D eigenvalue weighted by Gasteiger charge is 2.22. The molecule has 0 spiro atoms. The Balaban J connectivity index is 1.48. The molecule has 39 heavy (non-hydrogen) atoms. The molecule has 0 bridgehead atoms. The van der Waals surface area contributed by atoms with E-state index in [2.05, 4.69) is 32.5 Å². The Hall–Kier alpha value is -3.92. The minimum Gasteiger partial charge on any atom is -0.508 e. The third-order valence-electron chi connectivity index (χ3n) is 6.42. The topological polar surface area (TPSA) is 129 Å². The first kappa shape index (κ1) is 28.1. The number of phenols is 1. The SMILES string of the molecule is CCCCCCOC(=O)NC(=NCNc1ncnc2cc(C(=O)N3CCCC3)c(Cl)cc12)c1ccc(O)cc1. The van der Waals surface area contributed by atoms with Crippen LogP contribution in [0.25, 0.3) is 10.9 Å². The van der Waals surface area contributed by atoms with Gasteiger partial charge in [0.2, 0.25) is 0 Å². The molecule has 4 rings (SSSR count). The molecule has 2 aromatic carbocycles. The Morgan fingerprint density at radius 1 is 1.10 bits per heavy atom. The monoisotopic (exact) mass is 552 g/mol. The number of ether oxygens (including phenoxy) is 1. The van der Waals surface area contributed by atoms with Crippen LogP contribution in [0.15, 0.2) is 47.7 Å². The van der Waals surface area contributed by atoms with Gasteiger partial charge in [-0.2, -0.15) is 0 Å². The molecule has 11 heteroatoms. The first-order chi connectivity index (χ1) is 19.0. The van der Waals surface area contributed by atoms with Crippen LogP contribution in [0.3, 0.4) is 0 Å². The first-order valence-electron chi connectivity index (χ1n) is 13.2. The van der Waals surface area contributed by atoms with Gasteiger partial charge in [0.15, 0.2) is 0 Å². The number of phenolic OH excluding ortho intramolecular Hbond substituents is 1. The molecule has 1 aliphatic rings. The number of amidine groups is 1. The number of rotatable bonds is 10. The number of halogens is 1. The molecule has 206 valence electrons. The largest absolute Gasteiger partial charge is 0.508 e. The summed E-state index contributed by atoms with van der Waals surface area (Å²) in [6, 6.07) is 9.69. The summed E-state index contributed by atoms with van der Waals surface area (Å²) < 4.78 is 5.30. The van der Waals surface area contributed by atoms with Crippen molar-refractivity contribution in [1.29, 1.82) is 0 Å². The Morgan fingerprint density at radius 2 is 1.87 bits per heavy atom. The number of aromatic hydroxyl groups is 1. The summed E-state index contributed by atoms with van der Waals surface area (Å²) >= 11 is 6.51. The van der Waals surface area contributed by atoms with Crippen LogP contribution < -0.4 is 10.6 Å². The van der Waals surface area contributed by atoms with Crippen LogP contribution in [0.1, 0.15) is 61.4 Å². The zero-order valence-electron chi connectivity index (χ0n) is 22.0. The van der Waals surface area contributed by atoms with Gasteiger partial charge in [-0.25, -0.2) is 19.8 Å². The molecule has 0 atom stereocenters. The van der Waals surface area contributed by atoms with Crippen molar-refractivity contribution in [2.45, 2.75) is 45.4 Å². The van der Waals surface area contributed by atoms with E-state index in [-0.39, 0.29) is 24.2 Å². The second-order valence-corrected chi connectivity index (χ2v) is 9.69. The third kappa shape index (κ3) is 7.57. The van der Waals surface area contributed by atoms with E-state index in [0.717, 1.165) is 51.6 Å². The van der Waals surface area contributed by atoms with Crippen molar-refractivity contribution in [3.05, 3.63) is 58.9 Å². The number of fused-ring (bicyclic) bond motifs is 1. The number of aliphatic imine (C=N–C) groups is 1. The molecular weight excluding hydrogens is 520 g/mol. The molecule has 0 saturated carbocycles. The number of hydrogen-bond donors (Lipinski definition) is 3. The summed E-state index contributed by atoms with van der Waals surface area (Å²) in [6.07, 6.45) is 6.77. The van der Waals surface area contributed by atoms with Crippen LogP contribution in [0.4, 0.5) is 10.6 Å². The molecule has 3 N–H and O–H groups in total. The zero-order valence-corrected chi connectivity index (χ0v) is 22.7. The summed E-state index contributed by atoms with van der Waals surface area (Å²) in [6.45, 7) is 3.96. The van der Waals surface area contributed by atoms with E-state index in [1.165, 1.54) is 18.5 Å². The van der Waals surface area contributed by atoms with Gasteiger partial charge in [-0.3, -0.25) is 10.1 Å². The minimum absolute atomic E-state index is 0.0607. The number of carbonyl (C=O) groups excluding carboxylic acids is 2. The number of benzene rings is 2. The predicted molar refractivity (Wildman–Crippen MR) is 151 cm³/mol. The molecule has 2 amide bonds. The summed E-state index contributed by atoms with van der Waals surface area (Å²) in [5.74, 6) is 0.756. The Morgan fingerprint density at radius 3 is 2.62 bits per heavy atom. The fraction of sp³-hybridized carbons (Fsp3) is 0.393. The molecule has 1 aromatic heterocycles. The summed E-state index contributed by atoms with van der Waals surface area (Å²) in [5, 5.41) is 16.5. The number of nitrogens with one attached hydrogen (secondary N) is 2. The van der Waals surface area contributed by atoms with Crippen LogP contribution in [0.2, 0.25) is 5.02 Å². The van der Waals surface area contributed by atoms with Crippen molar-refractivity contribution in [2.24, 2.45) is 4.99 Å². The van der Waals surface area contributed by atoms with E-state index >= 15 is 0 Å². The normalized spacial score (nSPS) is 13.5. The maximum atomic E-state index is 12.9. The van der Waals surface area contributed by atoms with Gasteiger partial charge in [-0.05, 0) is 55.7 Å². The van der Waals surface area contributed by atoms with E-state index in [0.29, 0.717) is 39.5 Å². The number of anilines is 1. The Labute approximate surface area is 232 Å². The number of carbonyl (C=O) groups is 2. The van der Waals surface area contributed by atoms with Crippen LogP contribution >= 0.6 is 11.6 Å². The van der Waals surface area contributed by atoms with Gasteiger partial charge in [0.1, 0.15) is 30.4 Å². The number of aromatic nitrogens is 2. The van der Waals surface area contributed by atoms with E-state index in [1.54, 1.807) is 29.2 Å². The maximum Gasteiger partial charge on any atom is 0.412 e. The van der Waals surface area contributed by atoms with Crippen LogP contribution in [0, 0.1) is 0 Å². The number of unbranched alkanes of at least 4 members (excludes halogenated alkanes) is 3. The van der Waals surface area contributed by atoms with Crippen molar-refractivity contribution in [3.63, 3.8) is 0 Å². The molecule has 10 nitrogen and oxygen atoms in total. The number of alkyl carbamates (subject to hydrolysis) is 1. The molecule has 2 heterocycles. The lowest BCUT2D eigenvalue weighted by molar-refractivity contribution is 0.0793. The van der Waals surface area contributed by atoms with Gasteiger partial charge >= 0.3 is 6.09 Å². The van der Waals surface area contributed by atoms with E-state index in [1.807, 2.05) is 0 Å². The van der Waals surface area contributed by atoms with Gasteiger partial charge in [0.05, 0.1) is 22.7 Å². The Kier molecular flexibility index (Phi) is 9.91. The number of hydrogen-bond acceptors (Lipinski definition) is 8. The van der Waals surface area contributed by atoms with Crippen molar-refractivity contribution in [3.8, 4) is 5.75 Å². The quantitative estimate of drug-likeness (QED) is 0.176. The van der Waals surface area contributed by atoms with Crippen LogP contribution in [-0.4, -0.2) is 64.2 Å². The lowest BCUT2D eigenvalue weighted by atomic mass is 10.1. The Bertz CT molecular complexity index is 1330. The van der Waals surface area contributed by atoms with Crippen molar-refractivity contribution in [2.75, 3.05) is 31.7 Å². The lowest BCUT2D eigenvalue weighted by Crippen LogP contribution is -2.32. The molecule has 3 aromatic rings. The molecule has 1 saturated heterocycles. The number of amides is 2. The third-order valence-corrected chi connectivity index (χ3v) is 6.74. The molecule has 1 aliphatic heterocycles. The molecule has 0 aliphatic carbocycles. The van der Waals surface area contributed by atoms with Crippen molar-refractivity contribution >= 4 is 46.2 Å². The smallest absolute Gasteiger partial charge is 0.412 e. The van der Waals surface area contributed by atoms with Crippen LogP contribution in [0.5, 0.6) is 5.75 Å². The molecule has 0 unspecified atom stereocenters. The average Bonchev–Trinajstić information content (AvgIpc) is 3.48. The first-order valence-corrected chi connectivity index (χ1v) is 13.6. The van der Waals surface area contributed by atoms with Gasteiger partial charge < -0.3 is 20.1 Å². The highest BCUT2D eigenvalue weighted by molar-refractivity contribution is 6.34. The highest BCUT2D eigenvalue weighted by atomic mass is 35.5. The zero-order chi connectivity index (χ0) is 27.6. The predicted octanol–water partition coefficient (Wildman–Crippen LogP) is 5.35. The second kappa shape index (κ2) is 13.7. The summed E-state index contributed by atoms with van der Waals surface area (Å²) in [4.78, 5) is 40.3. The van der Waals surface area contributed by atoms with Crippen molar-refractivity contribution in [1.82, 2.24) is 20.2 Å². The molecule has 0 radical (unpaired) electrons. The lowest BCUT2D eigenvalue weighted by Gasteiger charge is -2.17. The van der Waals surface area contributed by atoms with Crippen molar-refractivity contribution < 1.29 is 19.4 Å². The fourth-order valence-electron chi connectivity index (χ4n) is 4.31. The molecule has 1 fully saturated rings. The number of nitrogens with zero attached hydrogens (tertiary/aromatic N) is 4. The van der Waals surface area contributed by atoms with Gasteiger partial charge in [-0.1, -0.05) is 37.8 Å². The highest BCUT2D eigenvalue weighted by Crippen LogP contribution is 2.28. The van der Waals surface area contributed by atoms with Crippen LogP contribution in [-0.2, 0) is 4.74 Å². The fourth-order valence-corrected chi connectivity index (χ4v) is 4.56. The number of likely N-dealkylation sites (tertiary alicyclic amines) is 1. The summed E-state index contributed by atoms with van der Waals surface area (Å²) in [5.41, 5.74) is 1.59. The van der Waals surface area contributed by atoms with E-state index in [4.69, 9.17) is 16.3 Å². The van der Waals surface area contributed by atoms with Gasteiger partial charge in [-0.15, -0.1) is 0 Å².